The van der Waals surface area contributed by atoms with E-state index in [4.69, 9.17) is 23.2 Å². The van der Waals surface area contributed by atoms with Crippen molar-refractivity contribution in [1.29, 1.82) is 0 Å². The van der Waals surface area contributed by atoms with Crippen molar-refractivity contribution in [3.63, 3.8) is 0 Å². The number of nitrogens with one attached hydrogen (secondary N) is 3. The van der Waals surface area contributed by atoms with Crippen molar-refractivity contribution in [3.05, 3.63) is 56.3 Å². The molecule has 2 aromatic heterocycles. The summed E-state index contributed by atoms with van der Waals surface area (Å²) in [6.07, 6.45) is 0. The van der Waals surface area contributed by atoms with Gasteiger partial charge in [-0.25, -0.2) is 0 Å². The lowest BCUT2D eigenvalue weighted by Gasteiger charge is -2.25. The van der Waals surface area contributed by atoms with Gasteiger partial charge in [-0.3, -0.25) is 10.2 Å². The number of aryl methyl sites for hydroxylation is 2. The molecule has 0 spiro atoms. The first-order valence-electron chi connectivity index (χ1n) is 6.88. The highest BCUT2D eigenvalue weighted by molar-refractivity contribution is 6.35. The van der Waals surface area contributed by atoms with E-state index in [-0.39, 0.29) is 5.92 Å². The fraction of sp³-hybridized carbons (Fsp3) is 0.200. The summed E-state index contributed by atoms with van der Waals surface area (Å²) in [5.41, 5.74) is 5.17. The molecule has 0 saturated heterocycles. The van der Waals surface area contributed by atoms with E-state index in [2.05, 4.69) is 25.7 Å². The van der Waals surface area contributed by atoms with E-state index in [9.17, 15) is 0 Å². The van der Waals surface area contributed by atoms with Gasteiger partial charge in [0.15, 0.2) is 11.6 Å². The first-order chi connectivity index (χ1) is 10.6. The van der Waals surface area contributed by atoms with Crippen LogP contribution in [0.5, 0.6) is 0 Å². The largest absolute Gasteiger partial charge is 0.321 e. The number of benzene rings is 1. The molecular formula is C15H13Cl2N5. The second-order valence-corrected chi connectivity index (χ2v) is 6.29. The van der Waals surface area contributed by atoms with Crippen LogP contribution in [0.1, 0.15) is 34.0 Å². The van der Waals surface area contributed by atoms with Crippen LogP contribution >= 0.6 is 23.2 Å². The van der Waals surface area contributed by atoms with E-state index < -0.39 is 0 Å². The lowest BCUT2D eigenvalue weighted by Crippen LogP contribution is -2.14. The second-order valence-electron chi connectivity index (χ2n) is 5.45. The fourth-order valence-electron chi connectivity index (χ4n) is 3.08. The first kappa shape index (κ1) is 13.7. The molecule has 22 heavy (non-hydrogen) atoms. The average molecular weight is 334 g/mol. The minimum Gasteiger partial charge on any atom is -0.321 e. The Bertz CT molecular complexity index is 834. The van der Waals surface area contributed by atoms with Crippen LogP contribution in [0, 0.1) is 13.8 Å². The van der Waals surface area contributed by atoms with E-state index in [1.165, 1.54) is 0 Å². The minimum atomic E-state index is -0.0338. The summed E-state index contributed by atoms with van der Waals surface area (Å²) in [6, 6.07) is 5.59. The van der Waals surface area contributed by atoms with Crippen molar-refractivity contribution in [3.8, 4) is 0 Å². The molecule has 7 heteroatoms. The minimum absolute atomic E-state index is 0.0338. The SMILES string of the molecule is Cc1[nH]nc2c1C(c1ccc(Cl)cc1Cl)c1c(n[nH]c1C)N2. The molecule has 0 saturated carbocycles. The Labute approximate surface area is 137 Å². The monoisotopic (exact) mass is 333 g/mol. The van der Waals surface area contributed by atoms with Gasteiger partial charge in [0.2, 0.25) is 0 Å². The molecule has 112 valence electrons. The van der Waals surface area contributed by atoms with Crippen molar-refractivity contribution in [2.45, 2.75) is 19.8 Å². The molecule has 1 aromatic carbocycles. The van der Waals surface area contributed by atoms with Gasteiger partial charge in [-0.1, -0.05) is 29.3 Å². The lowest BCUT2D eigenvalue weighted by atomic mass is 9.82. The van der Waals surface area contributed by atoms with E-state index in [1.54, 1.807) is 6.07 Å². The van der Waals surface area contributed by atoms with E-state index >= 15 is 0 Å². The third kappa shape index (κ3) is 1.86. The summed E-state index contributed by atoms with van der Waals surface area (Å²) in [4.78, 5) is 0. The molecule has 0 radical (unpaired) electrons. The van der Waals surface area contributed by atoms with Gasteiger partial charge in [-0.15, -0.1) is 0 Å². The van der Waals surface area contributed by atoms with Gasteiger partial charge in [0.1, 0.15) is 0 Å². The van der Waals surface area contributed by atoms with Crippen molar-refractivity contribution in [1.82, 2.24) is 20.4 Å². The maximum Gasteiger partial charge on any atom is 0.157 e. The Morgan fingerprint density at radius 3 is 2.09 bits per heavy atom. The third-order valence-corrected chi connectivity index (χ3v) is 4.64. The van der Waals surface area contributed by atoms with Gasteiger partial charge >= 0.3 is 0 Å². The van der Waals surface area contributed by atoms with Crippen LogP contribution in [0.4, 0.5) is 11.6 Å². The van der Waals surface area contributed by atoms with Gasteiger partial charge in [-0.2, -0.15) is 10.2 Å². The number of anilines is 2. The summed E-state index contributed by atoms with van der Waals surface area (Å²) in [7, 11) is 0. The Morgan fingerprint density at radius 1 is 0.955 bits per heavy atom. The smallest absolute Gasteiger partial charge is 0.157 e. The lowest BCUT2D eigenvalue weighted by molar-refractivity contribution is 0.940. The predicted octanol–water partition coefficient (Wildman–Crippen LogP) is 4.29. The number of rotatable bonds is 1. The second kappa shape index (κ2) is 4.76. The van der Waals surface area contributed by atoms with Crippen molar-refractivity contribution < 1.29 is 0 Å². The highest BCUT2D eigenvalue weighted by atomic mass is 35.5. The summed E-state index contributed by atoms with van der Waals surface area (Å²) >= 11 is 12.5. The van der Waals surface area contributed by atoms with E-state index in [0.29, 0.717) is 10.0 Å². The third-order valence-electron chi connectivity index (χ3n) is 4.08. The molecular weight excluding hydrogens is 321 g/mol. The molecule has 0 atom stereocenters. The normalized spacial score (nSPS) is 13.6. The number of H-pyrrole nitrogens is 2. The number of fused-ring (bicyclic) bond motifs is 2. The first-order valence-corrected chi connectivity index (χ1v) is 7.63. The fourth-order valence-corrected chi connectivity index (χ4v) is 3.59. The van der Waals surface area contributed by atoms with Crippen LogP contribution in [0.25, 0.3) is 0 Å². The summed E-state index contributed by atoms with van der Waals surface area (Å²) in [5, 5.41) is 19.2. The number of hydrogen-bond donors (Lipinski definition) is 3. The maximum absolute atomic E-state index is 6.47. The molecule has 1 aliphatic rings. The molecule has 0 bridgehead atoms. The molecule has 0 fully saturated rings. The predicted molar refractivity (Wildman–Crippen MR) is 87.3 cm³/mol. The molecule has 4 rings (SSSR count). The van der Waals surface area contributed by atoms with Crippen LogP contribution in [0.15, 0.2) is 18.2 Å². The Kier molecular flexibility index (Phi) is 2.96. The highest BCUT2D eigenvalue weighted by Crippen LogP contribution is 2.47. The van der Waals surface area contributed by atoms with Crippen LogP contribution < -0.4 is 5.32 Å². The Balaban J connectivity index is 2.01. The summed E-state index contributed by atoms with van der Waals surface area (Å²) in [6.45, 7) is 4.01. The zero-order valence-electron chi connectivity index (χ0n) is 12.0. The van der Waals surface area contributed by atoms with Crippen LogP contribution in [0.2, 0.25) is 10.0 Å². The molecule has 1 aliphatic heterocycles. The number of aromatic amines is 2. The highest BCUT2D eigenvalue weighted by Gasteiger charge is 2.34. The number of aromatic nitrogens is 4. The zero-order chi connectivity index (χ0) is 15.4. The molecule has 3 aromatic rings. The topological polar surface area (TPSA) is 69.4 Å². The molecule has 3 N–H and O–H groups in total. The molecule has 0 unspecified atom stereocenters. The van der Waals surface area contributed by atoms with Crippen LogP contribution in [-0.2, 0) is 0 Å². The van der Waals surface area contributed by atoms with Gasteiger partial charge in [0, 0.05) is 38.5 Å². The molecule has 0 aliphatic carbocycles. The van der Waals surface area contributed by atoms with Gasteiger partial charge in [-0.05, 0) is 31.5 Å². The summed E-state index contributed by atoms with van der Waals surface area (Å²) < 4.78 is 0. The zero-order valence-corrected chi connectivity index (χ0v) is 13.5. The Hall–Kier alpha value is -1.98. The van der Waals surface area contributed by atoms with Crippen LogP contribution in [0.3, 0.4) is 0 Å². The molecule has 0 amide bonds. The quantitative estimate of drug-likeness (QED) is 0.486. The average Bonchev–Trinajstić information content (AvgIpc) is 3.02. The Morgan fingerprint density at radius 2 is 1.55 bits per heavy atom. The van der Waals surface area contributed by atoms with Crippen molar-refractivity contribution in [2.24, 2.45) is 0 Å². The van der Waals surface area contributed by atoms with Crippen molar-refractivity contribution >= 4 is 34.8 Å². The van der Waals surface area contributed by atoms with Crippen LogP contribution in [-0.4, -0.2) is 20.4 Å². The standard InChI is InChI=1S/C15H13Cl2N5/c1-6-11-13(9-4-3-8(16)5-10(9)17)12-7(2)20-22-15(12)18-14(11)21-19-6/h3-5,13H,1-2H3,(H3,18,19,20,21,22). The molecule has 3 heterocycles. The van der Waals surface area contributed by atoms with Crippen molar-refractivity contribution in [2.75, 3.05) is 5.32 Å². The maximum atomic E-state index is 6.47. The number of nitrogens with zero attached hydrogens (tertiary/aromatic N) is 2. The number of halogens is 2. The summed E-state index contributed by atoms with van der Waals surface area (Å²) in [5.74, 6) is 1.54. The van der Waals surface area contributed by atoms with Gasteiger partial charge in [0.25, 0.3) is 0 Å². The van der Waals surface area contributed by atoms with E-state index in [1.807, 2.05) is 26.0 Å². The van der Waals surface area contributed by atoms with E-state index in [0.717, 1.165) is 39.7 Å². The molecule has 5 nitrogen and oxygen atoms in total. The van der Waals surface area contributed by atoms with Gasteiger partial charge < -0.3 is 5.32 Å². The number of hydrogen-bond acceptors (Lipinski definition) is 3. The van der Waals surface area contributed by atoms with Gasteiger partial charge in [0.05, 0.1) is 0 Å².